The van der Waals surface area contributed by atoms with Gasteiger partial charge in [-0.25, -0.2) is 24.5 Å². The Morgan fingerprint density at radius 3 is 1.53 bits per heavy atom. The van der Waals surface area contributed by atoms with Crippen molar-refractivity contribution in [1.29, 1.82) is 0 Å². The number of nitrogens with zero attached hydrogens (tertiary/aromatic N) is 14. The van der Waals surface area contributed by atoms with Gasteiger partial charge in [0, 0.05) is 123 Å². The molecule has 13 aromatic rings. The molecule has 10 aromatic heterocycles. The summed E-state index contributed by atoms with van der Waals surface area (Å²) in [5.74, 6) is -1.56. The maximum atomic E-state index is 12.7. The number of rotatable bonds is 11. The second-order valence-electron chi connectivity index (χ2n) is 26.5. The summed E-state index contributed by atoms with van der Waals surface area (Å²) in [5.41, 5.74) is 8.32. The minimum absolute atomic E-state index is 0.0399. The highest BCUT2D eigenvalue weighted by Crippen LogP contribution is 2.34. The van der Waals surface area contributed by atoms with Crippen LogP contribution < -0.4 is 47.9 Å². The van der Waals surface area contributed by atoms with Crippen molar-refractivity contribution >= 4 is 91.8 Å². The molecule has 125 heavy (non-hydrogen) atoms. The highest BCUT2D eigenvalue weighted by molar-refractivity contribution is 7.13. The SMILES string of the molecule is CNC(=O)c1c(C(F)(F)F)cc(C)nc1C.CNC(=O)c1c(C)ccnc1C.CNC(=O)c1c(C)noc1C.CNC(=O)c1ccnc2ccccc12.CNC(=O)c1cnc2cc(C)nn2c1C.CNC(=O)c1cncnc1C(F)(F)F.CNC(=O)c1nccc2ccccc12.CNC(=O)c1nn(-c2ccccc2)nc1C.CNC(=O)c1sc(C(C)C)nc1C. The standard InChI is InChI=1S/C11H12N4O.2C11H10N2O.C10H11F3N2O.C10H12N4O.C9H14N2OS.C9H12N2O.C7H6F3N3O.C7H10N2O2/c1-8-10(11(16)12-2)14-15(13-8)9-6-4-3-5-7-9;1-12-11(14)9-6-7-13-10-5-3-2-4-8(9)10;1-12-11(14)10-9-5-3-2-4-8(9)6-7-13-10;1-5-4-7(10(11,12)13)8(6(2)15-5)9(16)14-3;1-6-4-9-12-5-8(10(15)11-3)7(2)14(9)13-6;1-5(2)9-11-6(3)7(13-9)8(12)10-4;1-6-4-5-11-7(2)8(6)9(12)10-3;1-11-6(14)4-2-12-3-13-5(4)7(8,9)10;1-4-6(7(10)8-3)5(2)11-9-4/h3-7H,1-2H3,(H,12,16);2*2-7H,1H3,(H,12,14);4H,1-3H3,(H,14,16);4-5H,1-3H3,(H,11,15);5H,1-4H3,(H,10,12);4-5H,1-3H3,(H,10,12);2-3H,1H3,(H,11,14);1-3H3,(H,8,10). The first kappa shape index (κ1) is 101. The van der Waals surface area contributed by atoms with Gasteiger partial charge in [0.1, 0.15) is 28.2 Å². The van der Waals surface area contributed by atoms with Crippen molar-refractivity contribution in [3.63, 3.8) is 0 Å². The van der Waals surface area contributed by atoms with Crippen LogP contribution in [-0.2, 0) is 12.4 Å². The lowest BCUT2D eigenvalue weighted by molar-refractivity contribution is -0.141. The number of fused-ring (bicyclic) bond motifs is 3. The van der Waals surface area contributed by atoms with Gasteiger partial charge < -0.3 is 52.4 Å². The molecule has 0 saturated heterocycles. The molecule has 0 bridgehead atoms. The summed E-state index contributed by atoms with van der Waals surface area (Å²) in [4.78, 5) is 135. The normalized spacial score (nSPS) is 10.4. The number of hydrogen-bond acceptors (Lipinski definition) is 23. The Kier molecular flexibility index (Phi) is 38.3. The van der Waals surface area contributed by atoms with Gasteiger partial charge in [-0.1, -0.05) is 79.7 Å². The van der Waals surface area contributed by atoms with Crippen LogP contribution in [0.2, 0.25) is 0 Å². The summed E-state index contributed by atoms with van der Waals surface area (Å²) < 4.78 is 81.4. The molecule has 9 amide bonds. The van der Waals surface area contributed by atoms with E-state index in [1.807, 2.05) is 132 Å². The Labute approximate surface area is 719 Å². The lowest BCUT2D eigenvalue weighted by atomic mass is 10.0. The molecule has 0 fully saturated rings. The van der Waals surface area contributed by atoms with Gasteiger partial charge in [0.2, 0.25) is 0 Å². The quantitative estimate of drug-likeness (QED) is 0.0543. The number of aromatic nitrogens is 14. The predicted molar refractivity (Wildman–Crippen MR) is 459 cm³/mol. The molecule has 0 unspecified atom stereocenters. The number of hydrogen-bond donors (Lipinski definition) is 9. The van der Waals surface area contributed by atoms with Crippen LogP contribution in [0.3, 0.4) is 0 Å². The van der Waals surface area contributed by atoms with E-state index in [-0.39, 0.29) is 52.7 Å². The van der Waals surface area contributed by atoms with E-state index in [0.717, 1.165) is 89.8 Å². The number of carbonyl (C=O) groups is 9. The number of pyridine rings is 4. The Hall–Kier alpha value is -14.7. The van der Waals surface area contributed by atoms with Crippen LogP contribution in [0.4, 0.5) is 26.3 Å². The molecular weight excluding hydrogens is 1650 g/mol. The fraction of sp³-hybridized carbons (Fsp3) is 0.282. The molecule has 3 aromatic carbocycles. The predicted octanol–water partition coefficient (Wildman–Crippen LogP) is 11.4. The van der Waals surface area contributed by atoms with Crippen LogP contribution in [0.15, 0.2) is 151 Å². The smallest absolute Gasteiger partial charge is 0.361 e. The number of carbonyl (C=O) groups excluding carboxylic acids is 9. The van der Waals surface area contributed by atoms with Gasteiger partial charge in [0.05, 0.1) is 89.4 Å². The van der Waals surface area contributed by atoms with Crippen molar-refractivity contribution in [2.75, 3.05) is 63.4 Å². The second-order valence-corrected chi connectivity index (χ2v) is 27.5. The number of alkyl halides is 6. The summed E-state index contributed by atoms with van der Waals surface area (Å²) in [6, 6.07) is 33.0. The average molecular weight is 1750 g/mol. The van der Waals surface area contributed by atoms with Crippen LogP contribution in [0, 0.1) is 69.2 Å². The van der Waals surface area contributed by atoms with Gasteiger partial charge >= 0.3 is 12.4 Å². The molecule has 10 heterocycles. The van der Waals surface area contributed by atoms with Crippen molar-refractivity contribution in [1.82, 2.24) is 117 Å². The zero-order valence-corrected chi connectivity index (χ0v) is 73.3. The topological polar surface area (TPSA) is 439 Å². The first-order valence-electron chi connectivity index (χ1n) is 37.9. The molecule has 0 aliphatic carbocycles. The number of halogens is 6. The Balaban J connectivity index is 0.000000250. The molecule has 13 rings (SSSR count). The molecule has 0 spiro atoms. The number of thiazole rings is 1. The Morgan fingerprint density at radius 1 is 0.432 bits per heavy atom. The second kappa shape index (κ2) is 47.5. The first-order chi connectivity index (χ1) is 59.1. The number of aryl methyl sites for hydroxylation is 10. The fourth-order valence-corrected chi connectivity index (χ4v) is 12.2. The highest BCUT2D eigenvalue weighted by Gasteiger charge is 2.38. The third-order valence-electron chi connectivity index (χ3n) is 17.3. The van der Waals surface area contributed by atoms with Crippen molar-refractivity contribution in [2.24, 2.45) is 0 Å². The van der Waals surface area contributed by atoms with E-state index >= 15 is 0 Å². The minimum Gasteiger partial charge on any atom is -0.361 e. The summed E-state index contributed by atoms with van der Waals surface area (Å²) in [5, 5.41) is 42.3. The maximum Gasteiger partial charge on any atom is 0.434 e. The van der Waals surface area contributed by atoms with Gasteiger partial charge in [0.25, 0.3) is 53.2 Å². The highest BCUT2D eigenvalue weighted by atomic mass is 32.1. The largest absolute Gasteiger partial charge is 0.434 e. The van der Waals surface area contributed by atoms with Crippen LogP contribution in [-0.4, -0.2) is 186 Å². The molecule has 40 heteroatoms. The third-order valence-corrected chi connectivity index (χ3v) is 18.8. The Bertz CT molecular complexity index is 5790. The van der Waals surface area contributed by atoms with Crippen LogP contribution in [0.25, 0.3) is 33.0 Å². The van der Waals surface area contributed by atoms with Gasteiger partial charge in [-0.2, -0.15) is 41.3 Å². The monoisotopic (exact) mass is 1750 g/mol. The molecule has 0 atom stereocenters. The number of nitrogens with one attached hydrogen (secondary N) is 9. The molecule has 33 nitrogen and oxygen atoms in total. The first-order valence-corrected chi connectivity index (χ1v) is 38.7. The van der Waals surface area contributed by atoms with Crippen LogP contribution in [0.5, 0.6) is 0 Å². The van der Waals surface area contributed by atoms with Gasteiger partial charge in [0.15, 0.2) is 17.0 Å². The van der Waals surface area contributed by atoms with Gasteiger partial charge in [-0.15, -0.1) is 16.4 Å². The van der Waals surface area contributed by atoms with Crippen molar-refractivity contribution in [3.05, 3.63) is 269 Å². The van der Waals surface area contributed by atoms with E-state index in [9.17, 15) is 69.5 Å². The average Bonchev–Trinajstić information content (AvgIpc) is 1.77. The van der Waals surface area contributed by atoms with E-state index in [0.29, 0.717) is 56.7 Å². The minimum atomic E-state index is -4.65. The molecule has 9 N–H and O–H groups in total. The Morgan fingerprint density at radius 2 is 0.968 bits per heavy atom. The van der Waals surface area contributed by atoms with E-state index < -0.39 is 46.6 Å². The van der Waals surface area contributed by atoms with Crippen LogP contribution >= 0.6 is 11.3 Å². The van der Waals surface area contributed by atoms with Crippen molar-refractivity contribution in [2.45, 2.75) is 101 Å². The lowest BCUT2D eigenvalue weighted by Gasteiger charge is -2.14. The van der Waals surface area contributed by atoms with E-state index in [1.54, 1.807) is 105 Å². The zero-order valence-electron chi connectivity index (χ0n) is 72.5. The molecule has 0 aliphatic heterocycles. The summed E-state index contributed by atoms with van der Waals surface area (Å²) in [6.45, 7) is 21.5. The lowest BCUT2D eigenvalue weighted by Crippen LogP contribution is -2.24. The number of amides is 9. The third kappa shape index (κ3) is 27.9. The summed E-state index contributed by atoms with van der Waals surface area (Å²) in [6.07, 6.45) is -1.06. The van der Waals surface area contributed by atoms with Gasteiger partial charge in [-0.3, -0.25) is 63.1 Å². The number of benzene rings is 3. The summed E-state index contributed by atoms with van der Waals surface area (Å²) in [7, 11) is 13.7. The number of para-hydroxylation sites is 2. The molecule has 0 saturated carbocycles. The molecule has 0 aliphatic rings. The molecule has 0 radical (unpaired) electrons. The van der Waals surface area contributed by atoms with E-state index in [4.69, 9.17) is 4.52 Å². The maximum absolute atomic E-state index is 12.7. The molecular formula is C85H97F6N23O10S. The molecule has 660 valence electrons. The summed E-state index contributed by atoms with van der Waals surface area (Å²) >= 11 is 1.48. The van der Waals surface area contributed by atoms with Crippen molar-refractivity contribution < 1.29 is 74.0 Å². The van der Waals surface area contributed by atoms with Crippen molar-refractivity contribution in [3.8, 4) is 5.69 Å². The van der Waals surface area contributed by atoms with Crippen LogP contribution in [0.1, 0.15) is 186 Å². The zero-order chi connectivity index (χ0) is 93.3. The fourth-order valence-electron chi connectivity index (χ4n) is 11.2. The van der Waals surface area contributed by atoms with E-state index in [1.165, 1.54) is 44.1 Å². The van der Waals surface area contributed by atoms with E-state index in [2.05, 4.69) is 122 Å². The van der Waals surface area contributed by atoms with Gasteiger partial charge in [-0.05, 0) is 123 Å².